The molecule has 0 aromatic heterocycles. The minimum atomic E-state index is 0.222. The average Bonchev–Trinajstić information content (AvgIpc) is 3.16. The van der Waals surface area contributed by atoms with Crippen LogP contribution in [-0.2, 0) is 9.53 Å². The van der Waals surface area contributed by atoms with Gasteiger partial charge in [-0.25, -0.2) is 0 Å². The number of hydrogen-bond acceptors (Lipinski definition) is 3. The van der Waals surface area contributed by atoms with Crippen LogP contribution < -0.4 is 0 Å². The number of likely N-dealkylation sites (tertiary alicyclic amines) is 2. The fourth-order valence-corrected chi connectivity index (χ4v) is 4.25. The third kappa shape index (κ3) is 3.01. The molecule has 1 saturated carbocycles. The molecule has 3 rings (SSSR count). The van der Waals surface area contributed by atoms with Gasteiger partial charge in [0.2, 0.25) is 5.91 Å². The highest BCUT2D eigenvalue weighted by Crippen LogP contribution is 2.29. The molecule has 1 amide bonds. The van der Waals surface area contributed by atoms with Crippen molar-refractivity contribution in [2.75, 3.05) is 26.7 Å². The summed E-state index contributed by atoms with van der Waals surface area (Å²) in [4.78, 5) is 17.0. The van der Waals surface area contributed by atoms with Crippen LogP contribution in [0.25, 0.3) is 0 Å². The minimum absolute atomic E-state index is 0.222. The lowest BCUT2D eigenvalue weighted by atomic mass is 10.0. The Kier molecular flexibility index (Phi) is 4.61. The van der Waals surface area contributed by atoms with Gasteiger partial charge in [0.25, 0.3) is 0 Å². The zero-order chi connectivity index (χ0) is 13.9. The lowest BCUT2D eigenvalue weighted by Gasteiger charge is -2.33. The second-order valence-corrected chi connectivity index (χ2v) is 6.70. The first-order valence-corrected chi connectivity index (χ1v) is 8.37. The van der Waals surface area contributed by atoms with Crippen molar-refractivity contribution >= 4 is 5.91 Å². The van der Waals surface area contributed by atoms with Crippen LogP contribution in [0.15, 0.2) is 0 Å². The third-order valence-corrected chi connectivity index (χ3v) is 5.39. The van der Waals surface area contributed by atoms with Crippen LogP contribution in [-0.4, -0.2) is 60.6 Å². The molecule has 2 heterocycles. The molecule has 4 nitrogen and oxygen atoms in total. The number of carbonyl (C=O) groups excluding carboxylic acids is 1. The highest BCUT2D eigenvalue weighted by Gasteiger charge is 2.38. The molecule has 2 atom stereocenters. The van der Waals surface area contributed by atoms with E-state index in [-0.39, 0.29) is 5.91 Å². The van der Waals surface area contributed by atoms with Crippen molar-refractivity contribution in [2.45, 2.75) is 69.6 Å². The normalized spacial score (nSPS) is 32.4. The standard InChI is InChI=1S/C16H28N2O2/c1-17-10-4-8-14(17)15-9-5-11-18(15)16(19)12-20-13-6-2-3-7-13/h13-15H,2-12H2,1H3/t14-,15-/m1/s1. The van der Waals surface area contributed by atoms with Gasteiger partial charge in [0.05, 0.1) is 6.10 Å². The molecule has 0 aromatic carbocycles. The van der Waals surface area contributed by atoms with Crippen molar-refractivity contribution < 1.29 is 9.53 Å². The van der Waals surface area contributed by atoms with E-state index in [0.29, 0.717) is 24.8 Å². The van der Waals surface area contributed by atoms with Gasteiger partial charge in [-0.05, 0) is 52.1 Å². The second kappa shape index (κ2) is 6.44. The Labute approximate surface area is 122 Å². The number of hydrogen-bond donors (Lipinski definition) is 0. The molecule has 1 aliphatic carbocycles. The van der Waals surface area contributed by atoms with Crippen molar-refractivity contribution in [3.8, 4) is 0 Å². The summed E-state index contributed by atoms with van der Waals surface area (Å²) in [6, 6.07) is 1.01. The summed E-state index contributed by atoms with van der Waals surface area (Å²) in [7, 11) is 2.20. The Morgan fingerprint density at radius 3 is 2.40 bits per heavy atom. The number of carbonyl (C=O) groups is 1. The van der Waals surface area contributed by atoms with Crippen molar-refractivity contribution in [2.24, 2.45) is 0 Å². The van der Waals surface area contributed by atoms with Crippen LogP contribution in [0.3, 0.4) is 0 Å². The first-order chi connectivity index (χ1) is 9.75. The van der Waals surface area contributed by atoms with E-state index in [2.05, 4.69) is 16.8 Å². The van der Waals surface area contributed by atoms with Gasteiger partial charge in [0.1, 0.15) is 6.61 Å². The average molecular weight is 280 g/mol. The molecule has 3 fully saturated rings. The topological polar surface area (TPSA) is 32.8 Å². The molecule has 0 spiro atoms. The number of ether oxygens (including phenoxy) is 1. The third-order valence-electron chi connectivity index (χ3n) is 5.39. The zero-order valence-electron chi connectivity index (χ0n) is 12.7. The van der Waals surface area contributed by atoms with Crippen molar-refractivity contribution in [1.82, 2.24) is 9.80 Å². The Morgan fingerprint density at radius 1 is 1.00 bits per heavy atom. The van der Waals surface area contributed by atoms with E-state index in [0.717, 1.165) is 25.8 Å². The van der Waals surface area contributed by atoms with E-state index in [1.165, 1.54) is 38.6 Å². The first kappa shape index (κ1) is 14.3. The Hall–Kier alpha value is -0.610. The Bertz CT molecular complexity index is 341. The summed E-state index contributed by atoms with van der Waals surface area (Å²) < 4.78 is 5.81. The largest absolute Gasteiger partial charge is 0.368 e. The van der Waals surface area contributed by atoms with Gasteiger partial charge >= 0.3 is 0 Å². The van der Waals surface area contributed by atoms with Crippen LogP contribution in [0.1, 0.15) is 51.4 Å². The molecule has 2 saturated heterocycles. The van der Waals surface area contributed by atoms with E-state index in [9.17, 15) is 4.79 Å². The molecule has 0 N–H and O–H groups in total. The lowest BCUT2D eigenvalue weighted by Crippen LogP contribution is -2.48. The first-order valence-electron chi connectivity index (χ1n) is 8.37. The van der Waals surface area contributed by atoms with Gasteiger partial charge < -0.3 is 14.5 Å². The summed E-state index contributed by atoms with van der Waals surface area (Å²) >= 11 is 0. The Balaban J connectivity index is 1.52. The molecule has 0 unspecified atom stereocenters. The quantitative estimate of drug-likeness (QED) is 0.790. The van der Waals surface area contributed by atoms with E-state index in [1.54, 1.807) is 0 Å². The van der Waals surface area contributed by atoms with Crippen LogP contribution in [0.2, 0.25) is 0 Å². The molecule has 0 aromatic rings. The SMILES string of the molecule is CN1CCC[C@@H]1[C@H]1CCCN1C(=O)COC1CCCC1. The molecular formula is C16H28N2O2. The summed E-state index contributed by atoms with van der Waals surface area (Å²) in [5.41, 5.74) is 0. The minimum Gasteiger partial charge on any atom is -0.368 e. The molecule has 4 heteroatoms. The maximum absolute atomic E-state index is 12.5. The van der Waals surface area contributed by atoms with E-state index < -0.39 is 0 Å². The number of nitrogens with zero attached hydrogens (tertiary/aromatic N) is 2. The van der Waals surface area contributed by atoms with E-state index >= 15 is 0 Å². The van der Waals surface area contributed by atoms with Crippen molar-refractivity contribution in [3.05, 3.63) is 0 Å². The van der Waals surface area contributed by atoms with Gasteiger partial charge in [-0.1, -0.05) is 12.8 Å². The summed E-state index contributed by atoms with van der Waals surface area (Å²) in [5.74, 6) is 0.222. The lowest BCUT2D eigenvalue weighted by molar-refractivity contribution is -0.139. The van der Waals surface area contributed by atoms with Crippen molar-refractivity contribution in [3.63, 3.8) is 0 Å². The fourth-order valence-electron chi connectivity index (χ4n) is 4.25. The molecule has 0 radical (unpaired) electrons. The van der Waals surface area contributed by atoms with Crippen LogP contribution in [0.4, 0.5) is 0 Å². The van der Waals surface area contributed by atoms with Gasteiger partial charge in [0, 0.05) is 18.6 Å². The second-order valence-electron chi connectivity index (χ2n) is 6.70. The smallest absolute Gasteiger partial charge is 0.248 e. The summed E-state index contributed by atoms with van der Waals surface area (Å²) in [5, 5.41) is 0. The van der Waals surface area contributed by atoms with Gasteiger partial charge in [-0.3, -0.25) is 4.79 Å². The maximum atomic E-state index is 12.5. The predicted octanol–water partition coefficient (Wildman–Crippen LogP) is 2.03. The zero-order valence-corrected chi connectivity index (χ0v) is 12.7. The fraction of sp³-hybridized carbons (Fsp3) is 0.938. The van der Waals surface area contributed by atoms with Gasteiger partial charge in [0.15, 0.2) is 0 Å². The van der Waals surface area contributed by atoms with Crippen LogP contribution in [0, 0.1) is 0 Å². The molecule has 20 heavy (non-hydrogen) atoms. The van der Waals surface area contributed by atoms with Crippen LogP contribution in [0.5, 0.6) is 0 Å². The molecular weight excluding hydrogens is 252 g/mol. The van der Waals surface area contributed by atoms with E-state index in [4.69, 9.17) is 4.74 Å². The molecule has 2 aliphatic heterocycles. The highest BCUT2D eigenvalue weighted by atomic mass is 16.5. The number of likely N-dealkylation sites (N-methyl/N-ethyl adjacent to an activating group) is 1. The molecule has 0 bridgehead atoms. The monoisotopic (exact) mass is 280 g/mol. The predicted molar refractivity (Wildman–Crippen MR) is 78.6 cm³/mol. The number of amides is 1. The molecule has 3 aliphatic rings. The van der Waals surface area contributed by atoms with E-state index in [1.807, 2.05) is 0 Å². The number of rotatable bonds is 4. The summed E-state index contributed by atoms with van der Waals surface area (Å²) in [6.07, 6.45) is 10.00. The van der Waals surface area contributed by atoms with Gasteiger partial charge in [-0.2, -0.15) is 0 Å². The van der Waals surface area contributed by atoms with Gasteiger partial charge in [-0.15, -0.1) is 0 Å². The maximum Gasteiger partial charge on any atom is 0.248 e. The Morgan fingerprint density at radius 2 is 1.70 bits per heavy atom. The highest BCUT2D eigenvalue weighted by molar-refractivity contribution is 5.78. The van der Waals surface area contributed by atoms with Crippen LogP contribution >= 0.6 is 0 Å². The molecule has 114 valence electrons. The summed E-state index contributed by atoms with van der Waals surface area (Å²) in [6.45, 7) is 2.42. The van der Waals surface area contributed by atoms with Crippen molar-refractivity contribution in [1.29, 1.82) is 0 Å².